The Morgan fingerprint density at radius 3 is 2.58 bits per heavy atom. The van der Waals surface area contributed by atoms with Crippen LogP contribution in [-0.2, 0) is 4.79 Å². The van der Waals surface area contributed by atoms with Crippen LogP contribution in [0.4, 0.5) is 11.4 Å². The fourth-order valence-electron chi connectivity index (χ4n) is 2.27. The number of para-hydroxylation sites is 3. The molecular weight excluding hydrogens is 336 g/mol. The lowest BCUT2D eigenvalue weighted by atomic mass is 10.1. The van der Waals surface area contributed by atoms with Gasteiger partial charge in [0, 0.05) is 17.7 Å². The van der Waals surface area contributed by atoms with Crippen molar-refractivity contribution in [3.05, 3.63) is 64.2 Å². The van der Waals surface area contributed by atoms with Crippen LogP contribution in [0.1, 0.15) is 19.4 Å². The van der Waals surface area contributed by atoms with E-state index in [-0.39, 0.29) is 17.5 Å². The van der Waals surface area contributed by atoms with Gasteiger partial charge in [0.25, 0.3) is 5.69 Å². The summed E-state index contributed by atoms with van der Waals surface area (Å²) in [5, 5.41) is 13.5. The van der Waals surface area contributed by atoms with Crippen LogP contribution < -0.4 is 14.8 Å². The minimum Gasteiger partial charge on any atom is -0.493 e. The molecule has 0 bridgehead atoms. The molecule has 0 saturated carbocycles. The summed E-state index contributed by atoms with van der Waals surface area (Å²) in [4.78, 5) is 22.6. The van der Waals surface area contributed by atoms with E-state index in [0.717, 1.165) is 0 Å². The number of rotatable bonds is 7. The molecule has 7 heteroatoms. The van der Waals surface area contributed by atoms with Gasteiger partial charge in [0.2, 0.25) is 5.91 Å². The lowest BCUT2D eigenvalue weighted by Gasteiger charge is -2.15. The number of amides is 1. The van der Waals surface area contributed by atoms with Gasteiger partial charge >= 0.3 is 0 Å². The molecule has 0 atom stereocenters. The number of hydrogen-bond acceptors (Lipinski definition) is 5. The highest BCUT2D eigenvalue weighted by Crippen LogP contribution is 2.33. The van der Waals surface area contributed by atoms with Crippen molar-refractivity contribution in [2.24, 2.45) is 0 Å². The SMILES string of the molecule is COc1cccc(/C=C/C(=O)Nc2ccccc2[N+](=O)[O-])c1OC(C)C. The topological polar surface area (TPSA) is 90.7 Å². The molecule has 0 heterocycles. The predicted octanol–water partition coefficient (Wildman–Crippen LogP) is 4.04. The third-order valence-electron chi connectivity index (χ3n) is 3.36. The van der Waals surface area contributed by atoms with Gasteiger partial charge in [-0.1, -0.05) is 24.3 Å². The van der Waals surface area contributed by atoms with Gasteiger partial charge < -0.3 is 14.8 Å². The average Bonchev–Trinajstić information content (AvgIpc) is 2.60. The molecule has 136 valence electrons. The molecule has 0 aromatic heterocycles. The molecule has 0 fully saturated rings. The highest BCUT2D eigenvalue weighted by molar-refractivity contribution is 6.03. The number of nitrogens with one attached hydrogen (secondary N) is 1. The summed E-state index contributed by atoms with van der Waals surface area (Å²) in [5.41, 5.74) is 0.631. The molecule has 0 aliphatic rings. The summed E-state index contributed by atoms with van der Waals surface area (Å²) in [7, 11) is 1.54. The van der Waals surface area contributed by atoms with Crippen molar-refractivity contribution in [3.8, 4) is 11.5 Å². The molecule has 0 radical (unpaired) electrons. The lowest BCUT2D eigenvalue weighted by Crippen LogP contribution is -2.10. The van der Waals surface area contributed by atoms with E-state index < -0.39 is 10.8 Å². The maximum absolute atomic E-state index is 12.2. The Morgan fingerprint density at radius 1 is 1.19 bits per heavy atom. The minimum absolute atomic E-state index is 0.0701. The van der Waals surface area contributed by atoms with Crippen molar-refractivity contribution in [2.75, 3.05) is 12.4 Å². The minimum atomic E-state index is -0.546. The number of hydrogen-bond donors (Lipinski definition) is 1. The summed E-state index contributed by atoms with van der Waals surface area (Å²) in [6, 6.07) is 11.3. The van der Waals surface area contributed by atoms with E-state index in [4.69, 9.17) is 9.47 Å². The number of methoxy groups -OCH3 is 1. The van der Waals surface area contributed by atoms with Crippen molar-refractivity contribution in [2.45, 2.75) is 20.0 Å². The fourth-order valence-corrected chi connectivity index (χ4v) is 2.27. The second-order valence-electron chi connectivity index (χ2n) is 5.64. The molecule has 0 aliphatic carbocycles. The maximum Gasteiger partial charge on any atom is 0.292 e. The number of nitro benzene ring substituents is 1. The molecule has 7 nitrogen and oxygen atoms in total. The van der Waals surface area contributed by atoms with Gasteiger partial charge in [-0.2, -0.15) is 0 Å². The predicted molar refractivity (Wildman–Crippen MR) is 99.5 cm³/mol. The zero-order valence-electron chi connectivity index (χ0n) is 14.8. The molecule has 0 unspecified atom stereocenters. The zero-order valence-corrected chi connectivity index (χ0v) is 14.8. The van der Waals surface area contributed by atoms with Crippen molar-refractivity contribution < 1.29 is 19.2 Å². The third kappa shape index (κ3) is 4.83. The molecule has 2 rings (SSSR count). The second-order valence-corrected chi connectivity index (χ2v) is 5.64. The van der Waals surface area contributed by atoms with Crippen LogP contribution in [0.25, 0.3) is 6.08 Å². The van der Waals surface area contributed by atoms with E-state index >= 15 is 0 Å². The van der Waals surface area contributed by atoms with Crippen molar-refractivity contribution in [1.82, 2.24) is 0 Å². The summed E-state index contributed by atoms with van der Waals surface area (Å²) in [6.07, 6.45) is 2.79. The number of nitro groups is 1. The van der Waals surface area contributed by atoms with Crippen LogP contribution in [0.15, 0.2) is 48.5 Å². The molecule has 1 N–H and O–H groups in total. The molecule has 0 aliphatic heterocycles. The normalized spacial score (nSPS) is 10.8. The van der Waals surface area contributed by atoms with E-state index in [9.17, 15) is 14.9 Å². The Morgan fingerprint density at radius 2 is 1.92 bits per heavy atom. The molecule has 2 aromatic carbocycles. The largest absolute Gasteiger partial charge is 0.493 e. The van der Waals surface area contributed by atoms with Gasteiger partial charge in [0.1, 0.15) is 5.69 Å². The van der Waals surface area contributed by atoms with E-state index in [1.807, 2.05) is 13.8 Å². The van der Waals surface area contributed by atoms with Gasteiger partial charge in [-0.25, -0.2) is 0 Å². The highest BCUT2D eigenvalue weighted by atomic mass is 16.6. The first-order valence-electron chi connectivity index (χ1n) is 7.98. The van der Waals surface area contributed by atoms with Gasteiger partial charge in [-0.05, 0) is 32.1 Å². The number of carbonyl (C=O) groups excluding carboxylic acids is 1. The first kappa shape index (κ1) is 19.0. The third-order valence-corrected chi connectivity index (χ3v) is 3.36. The van der Waals surface area contributed by atoms with Crippen molar-refractivity contribution in [3.63, 3.8) is 0 Å². The highest BCUT2D eigenvalue weighted by Gasteiger charge is 2.14. The average molecular weight is 356 g/mol. The number of carbonyl (C=O) groups is 1. The Labute approximate surface area is 151 Å². The molecular formula is C19H20N2O5. The van der Waals surface area contributed by atoms with Crippen LogP contribution in [0.3, 0.4) is 0 Å². The van der Waals surface area contributed by atoms with Crippen LogP contribution in [-0.4, -0.2) is 24.0 Å². The smallest absolute Gasteiger partial charge is 0.292 e. The number of anilines is 1. The molecule has 26 heavy (non-hydrogen) atoms. The van der Waals surface area contributed by atoms with E-state index in [0.29, 0.717) is 17.1 Å². The van der Waals surface area contributed by atoms with E-state index in [1.165, 1.54) is 31.4 Å². The summed E-state index contributed by atoms with van der Waals surface area (Å²) in [6.45, 7) is 3.78. The van der Waals surface area contributed by atoms with Crippen LogP contribution in [0.5, 0.6) is 11.5 Å². The van der Waals surface area contributed by atoms with Crippen LogP contribution in [0, 0.1) is 10.1 Å². The second kappa shape index (κ2) is 8.66. The zero-order chi connectivity index (χ0) is 19.1. The Hall–Kier alpha value is -3.35. The van der Waals surface area contributed by atoms with E-state index in [1.54, 1.807) is 30.3 Å². The summed E-state index contributed by atoms with van der Waals surface area (Å²) in [5.74, 6) is 0.595. The number of nitrogens with zero attached hydrogens (tertiary/aromatic N) is 1. The molecule has 0 spiro atoms. The molecule has 2 aromatic rings. The van der Waals surface area contributed by atoms with Gasteiger partial charge in [-0.15, -0.1) is 0 Å². The quantitative estimate of drug-likeness (QED) is 0.459. The molecule has 1 amide bonds. The summed E-state index contributed by atoms with van der Waals surface area (Å²) < 4.78 is 11.1. The van der Waals surface area contributed by atoms with E-state index in [2.05, 4.69) is 5.32 Å². The Balaban J connectivity index is 2.22. The van der Waals surface area contributed by atoms with Gasteiger partial charge in [-0.3, -0.25) is 14.9 Å². The van der Waals surface area contributed by atoms with Crippen LogP contribution in [0.2, 0.25) is 0 Å². The monoisotopic (exact) mass is 356 g/mol. The lowest BCUT2D eigenvalue weighted by molar-refractivity contribution is -0.383. The van der Waals surface area contributed by atoms with Crippen LogP contribution >= 0.6 is 0 Å². The standard InChI is InChI=1S/C19H20N2O5/c1-13(2)26-19-14(7-6-10-17(19)25-3)11-12-18(22)20-15-8-4-5-9-16(15)21(23)24/h4-13H,1-3H3,(H,20,22)/b12-11+. The number of benzene rings is 2. The van der Waals surface area contributed by atoms with Crippen molar-refractivity contribution >= 4 is 23.4 Å². The van der Waals surface area contributed by atoms with Crippen molar-refractivity contribution in [1.29, 1.82) is 0 Å². The first-order chi connectivity index (χ1) is 12.4. The fraction of sp³-hybridized carbons (Fsp3) is 0.211. The van der Waals surface area contributed by atoms with Gasteiger partial charge in [0.05, 0.1) is 18.1 Å². The van der Waals surface area contributed by atoms with Gasteiger partial charge in [0.15, 0.2) is 11.5 Å². The maximum atomic E-state index is 12.2. The molecule has 0 saturated heterocycles. The number of ether oxygens (including phenoxy) is 2. The Kier molecular flexibility index (Phi) is 6.32. The first-order valence-corrected chi connectivity index (χ1v) is 7.98. The Bertz CT molecular complexity index is 830. The summed E-state index contributed by atoms with van der Waals surface area (Å²) >= 11 is 0.